The molecule has 18 heavy (non-hydrogen) atoms. The third-order valence-corrected chi connectivity index (χ3v) is 2.54. The lowest BCUT2D eigenvalue weighted by Crippen LogP contribution is -2.30. The normalized spacial score (nSPS) is 10.7. The van der Waals surface area contributed by atoms with Gasteiger partial charge in [0.05, 0.1) is 5.69 Å². The highest BCUT2D eigenvalue weighted by atomic mass is 16.2. The van der Waals surface area contributed by atoms with E-state index in [0.717, 1.165) is 0 Å². The molecule has 0 unspecified atom stereocenters. The van der Waals surface area contributed by atoms with E-state index in [0.29, 0.717) is 5.69 Å². The van der Waals surface area contributed by atoms with Crippen LogP contribution in [0.1, 0.15) is 0 Å². The molecule has 3 aromatic rings. The Labute approximate surface area is 101 Å². The van der Waals surface area contributed by atoms with Crippen molar-refractivity contribution in [2.45, 2.75) is 0 Å². The van der Waals surface area contributed by atoms with E-state index in [4.69, 9.17) is 0 Å². The molecule has 0 atom stereocenters. The van der Waals surface area contributed by atoms with Crippen molar-refractivity contribution in [2.75, 3.05) is 0 Å². The molecule has 0 aliphatic carbocycles. The first-order valence-electron chi connectivity index (χ1n) is 5.29. The van der Waals surface area contributed by atoms with E-state index < -0.39 is 11.2 Å². The number of hydrogen-bond donors (Lipinski definition) is 1. The summed E-state index contributed by atoms with van der Waals surface area (Å²) < 4.78 is 1.32. The summed E-state index contributed by atoms with van der Waals surface area (Å²) in [7, 11) is 0. The summed E-state index contributed by atoms with van der Waals surface area (Å²) in [5.74, 6) is 0. The molecule has 1 N–H and O–H groups in total. The molecule has 6 heteroatoms. The number of aromatic amines is 1. The zero-order valence-electron chi connectivity index (χ0n) is 9.20. The minimum Gasteiger partial charge on any atom is -0.272 e. The molecule has 0 saturated heterocycles. The summed E-state index contributed by atoms with van der Waals surface area (Å²) in [6.45, 7) is 0. The van der Waals surface area contributed by atoms with Gasteiger partial charge in [0.2, 0.25) is 0 Å². The standard InChI is InChI=1S/C12H8N4O2/c17-11-9-10(14-7-6-13-9)16(12(18)15-11)8-4-2-1-3-5-8/h1-7H,(H,15,17,18). The second-order valence-corrected chi connectivity index (χ2v) is 3.66. The number of H-pyrrole nitrogens is 1. The van der Waals surface area contributed by atoms with Crippen LogP contribution in [0.2, 0.25) is 0 Å². The van der Waals surface area contributed by atoms with Crippen LogP contribution < -0.4 is 11.2 Å². The molecule has 0 radical (unpaired) electrons. The van der Waals surface area contributed by atoms with Gasteiger partial charge in [0.1, 0.15) is 0 Å². The molecule has 0 aliphatic rings. The van der Waals surface area contributed by atoms with Crippen LogP contribution in [-0.2, 0) is 0 Å². The highest BCUT2D eigenvalue weighted by Crippen LogP contribution is 2.08. The van der Waals surface area contributed by atoms with E-state index in [1.165, 1.54) is 17.0 Å². The first kappa shape index (κ1) is 10.4. The maximum Gasteiger partial charge on any atom is 0.334 e. The average Bonchev–Trinajstić information content (AvgIpc) is 2.40. The largest absolute Gasteiger partial charge is 0.334 e. The van der Waals surface area contributed by atoms with Crippen molar-refractivity contribution in [3.8, 4) is 5.69 Å². The molecular weight excluding hydrogens is 232 g/mol. The summed E-state index contributed by atoms with van der Waals surface area (Å²) in [6.07, 6.45) is 2.86. The molecule has 2 aromatic heterocycles. The Morgan fingerprint density at radius 2 is 1.72 bits per heavy atom. The van der Waals surface area contributed by atoms with Gasteiger partial charge in [-0.1, -0.05) is 18.2 Å². The van der Waals surface area contributed by atoms with Crippen LogP contribution in [0.4, 0.5) is 0 Å². The van der Waals surface area contributed by atoms with Crippen molar-refractivity contribution in [2.24, 2.45) is 0 Å². The highest BCUT2D eigenvalue weighted by molar-refractivity contribution is 5.70. The van der Waals surface area contributed by atoms with Crippen molar-refractivity contribution in [3.05, 3.63) is 63.6 Å². The number of aromatic nitrogens is 4. The molecule has 0 bridgehead atoms. The van der Waals surface area contributed by atoms with E-state index in [9.17, 15) is 9.59 Å². The third kappa shape index (κ3) is 1.51. The fraction of sp³-hybridized carbons (Fsp3) is 0. The average molecular weight is 240 g/mol. The first-order valence-corrected chi connectivity index (χ1v) is 5.29. The fourth-order valence-electron chi connectivity index (χ4n) is 1.78. The predicted molar refractivity (Wildman–Crippen MR) is 65.8 cm³/mol. The molecular formula is C12H8N4O2. The number of nitrogens with one attached hydrogen (secondary N) is 1. The Kier molecular flexibility index (Phi) is 2.26. The van der Waals surface area contributed by atoms with Crippen molar-refractivity contribution >= 4 is 11.2 Å². The lowest BCUT2D eigenvalue weighted by molar-refractivity contribution is 0.917. The molecule has 0 saturated carbocycles. The zero-order valence-corrected chi connectivity index (χ0v) is 9.20. The van der Waals surface area contributed by atoms with Crippen molar-refractivity contribution < 1.29 is 0 Å². The lowest BCUT2D eigenvalue weighted by Gasteiger charge is -2.06. The second kappa shape index (κ2) is 3.92. The topological polar surface area (TPSA) is 80.6 Å². The van der Waals surface area contributed by atoms with Gasteiger partial charge in [0, 0.05) is 12.4 Å². The molecule has 6 nitrogen and oxygen atoms in total. The van der Waals surface area contributed by atoms with Gasteiger partial charge in [-0.05, 0) is 12.1 Å². The van der Waals surface area contributed by atoms with Crippen LogP contribution in [0.25, 0.3) is 16.9 Å². The van der Waals surface area contributed by atoms with Crippen LogP contribution >= 0.6 is 0 Å². The second-order valence-electron chi connectivity index (χ2n) is 3.66. The van der Waals surface area contributed by atoms with Gasteiger partial charge in [-0.15, -0.1) is 0 Å². The summed E-state index contributed by atoms with van der Waals surface area (Å²) in [6, 6.07) is 8.96. The van der Waals surface area contributed by atoms with E-state index in [1.54, 1.807) is 24.3 Å². The van der Waals surface area contributed by atoms with Crippen molar-refractivity contribution in [3.63, 3.8) is 0 Å². The molecule has 2 heterocycles. The minimum atomic E-state index is -0.532. The number of fused-ring (bicyclic) bond motifs is 1. The number of para-hydroxylation sites is 1. The Balaban J connectivity index is 2.50. The SMILES string of the molecule is O=c1[nH]c(=O)n(-c2ccccc2)c2nccnc12. The van der Waals surface area contributed by atoms with Gasteiger partial charge in [-0.25, -0.2) is 19.3 Å². The number of benzene rings is 1. The lowest BCUT2D eigenvalue weighted by atomic mass is 10.3. The molecule has 0 spiro atoms. The van der Waals surface area contributed by atoms with E-state index >= 15 is 0 Å². The van der Waals surface area contributed by atoms with Crippen LogP contribution in [0, 0.1) is 0 Å². The maximum absolute atomic E-state index is 11.9. The minimum absolute atomic E-state index is 0.140. The molecule has 3 rings (SSSR count). The van der Waals surface area contributed by atoms with Gasteiger partial charge in [0.25, 0.3) is 5.56 Å². The molecule has 0 fully saturated rings. The molecule has 0 aliphatic heterocycles. The highest BCUT2D eigenvalue weighted by Gasteiger charge is 2.10. The van der Waals surface area contributed by atoms with Crippen molar-refractivity contribution in [1.82, 2.24) is 19.5 Å². The molecule has 1 aromatic carbocycles. The Hall–Kier alpha value is -2.76. The fourth-order valence-corrected chi connectivity index (χ4v) is 1.78. The van der Waals surface area contributed by atoms with Crippen molar-refractivity contribution in [1.29, 1.82) is 0 Å². The Morgan fingerprint density at radius 3 is 2.50 bits per heavy atom. The van der Waals surface area contributed by atoms with Crippen LogP contribution in [0.15, 0.2) is 52.3 Å². The van der Waals surface area contributed by atoms with Gasteiger partial charge in [-0.2, -0.15) is 0 Å². The van der Waals surface area contributed by atoms with Gasteiger partial charge >= 0.3 is 5.69 Å². The summed E-state index contributed by atoms with van der Waals surface area (Å²) in [5.41, 5.74) is -0.0443. The molecule has 0 amide bonds. The number of nitrogens with zero attached hydrogens (tertiary/aromatic N) is 3. The summed E-state index contributed by atoms with van der Waals surface area (Å²) in [5, 5.41) is 0. The predicted octanol–water partition coefficient (Wildman–Crippen LogP) is 0.469. The van der Waals surface area contributed by atoms with E-state index in [2.05, 4.69) is 15.0 Å². The smallest absolute Gasteiger partial charge is 0.272 e. The first-order chi connectivity index (χ1) is 8.77. The monoisotopic (exact) mass is 240 g/mol. The van der Waals surface area contributed by atoms with E-state index in [-0.39, 0.29) is 11.2 Å². The van der Waals surface area contributed by atoms with Gasteiger partial charge in [0.15, 0.2) is 11.2 Å². The number of rotatable bonds is 1. The Morgan fingerprint density at radius 1 is 1.00 bits per heavy atom. The summed E-state index contributed by atoms with van der Waals surface area (Å²) in [4.78, 5) is 33.7. The molecule has 88 valence electrons. The van der Waals surface area contributed by atoms with Gasteiger partial charge in [-0.3, -0.25) is 9.78 Å². The Bertz CT molecular complexity index is 821. The van der Waals surface area contributed by atoms with Crippen LogP contribution in [0.3, 0.4) is 0 Å². The van der Waals surface area contributed by atoms with Crippen LogP contribution in [-0.4, -0.2) is 19.5 Å². The number of hydrogen-bond acceptors (Lipinski definition) is 4. The quantitative estimate of drug-likeness (QED) is 0.670. The van der Waals surface area contributed by atoms with Crippen LogP contribution in [0.5, 0.6) is 0 Å². The van der Waals surface area contributed by atoms with E-state index in [1.807, 2.05) is 6.07 Å². The summed E-state index contributed by atoms with van der Waals surface area (Å²) >= 11 is 0. The third-order valence-electron chi connectivity index (χ3n) is 2.54. The zero-order chi connectivity index (χ0) is 12.5. The van der Waals surface area contributed by atoms with Gasteiger partial charge < -0.3 is 0 Å². The maximum atomic E-state index is 11.9.